The molecule has 0 radical (unpaired) electrons. The highest BCUT2D eigenvalue weighted by Gasteiger charge is 2.46. The van der Waals surface area contributed by atoms with Gasteiger partial charge in [0, 0.05) is 11.6 Å². The van der Waals surface area contributed by atoms with Gasteiger partial charge in [-0.1, -0.05) is 24.3 Å². The van der Waals surface area contributed by atoms with Crippen LogP contribution in [-0.4, -0.2) is 23.5 Å². The van der Waals surface area contributed by atoms with Gasteiger partial charge in [-0.15, -0.1) is 0 Å². The van der Waals surface area contributed by atoms with Gasteiger partial charge in [0.2, 0.25) is 0 Å². The Morgan fingerprint density at radius 1 is 1.16 bits per heavy atom. The van der Waals surface area contributed by atoms with Gasteiger partial charge in [-0.05, 0) is 69.7 Å². The maximum atomic E-state index is 6.59. The molecule has 0 saturated carbocycles. The van der Waals surface area contributed by atoms with Crippen molar-refractivity contribution < 1.29 is 0 Å². The maximum Gasteiger partial charge on any atom is 0.0359 e. The number of nitrogens with zero attached hydrogens (tertiary/aromatic N) is 1. The molecule has 1 fully saturated rings. The van der Waals surface area contributed by atoms with Crippen molar-refractivity contribution >= 4 is 0 Å². The van der Waals surface area contributed by atoms with Crippen LogP contribution >= 0.6 is 0 Å². The Labute approximate surface area is 117 Å². The summed E-state index contributed by atoms with van der Waals surface area (Å²) < 4.78 is 0. The first-order chi connectivity index (χ1) is 8.92. The van der Waals surface area contributed by atoms with Gasteiger partial charge in [-0.3, -0.25) is 4.90 Å². The second-order valence-electron chi connectivity index (χ2n) is 7.37. The fraction of sp³-hybridized carbons (Fsp3) is 0.647. The maximum absolute atomic E-state index is 6.59. The van der Waals surface area contributed by atoms with Crippen molar-refractivity contribution in [1.29, 1.82) is 0 Å². The first kappa shape index (κ1) is 13.1. The smallest absolute Gasteiger partial charge is 0.0359 e. The molecule has 1 atom stereocenters. The SMILES string of the molecule is CC(C)(C)N1CCC2(CC1)Cc1ccccc1[C@H]2N. The number of fused-ring (bicyclic) bond motifs is 1. The lowest BCUT2D eigenvalue weighted by Gasteiger charge is -2.47. The predicted octanol–water partition coefficient (Wildman–Crippen LogP) is 3.12. The Morgan fingerprint density at radius 3 is 2.37 bits per heavy atom. The molecular weight excluding hydrogens is 232 g/mol. The van der Waals surface area contributed by atoms with Gasteiger partial charge in [-0.25, -0.2) is 0 Å². The molecule has 19 heavy (non-hydrogen) atoms. The van der Waals surface area contributed by atoms with Crippen molar-refractivity contribution in [1.82, 2.24) is 4.90 Å². The average molecular weight is 258 g/mol. The molecule has 1 aromatic rings. The molecule has 1 aliphatic heterocycles. The van der Waals surface area contributed by atoms with E-state index in [0.717, 1.165) is 0 Å². The Bertz CT molecular complexity index is 464. The summed E-state index contributed by atoms with van der Waals surface area (Å²) in [5.74, 6) is 0. The van der Waals surface area contributed by atoms with Gasteiger partial charge in [0.25, 0.3) is 0 Å². The normalized spacial score (nSPS) is 26.6. The number of nitrogens with two attached hydrogens (primary N) is 1. The van der Waals surface area contributed by atoms with Gasteiger partial charge in [0.05, 0.1) is 0 Å². The molecule has 2 heteroatoms. The van der Waals surface area contributed by atoms with Gasteiger partial charge in [-0.2, -0.15) is 0 Å². The van der Waals surface area contributed by atoms with Crippen LogP contribution in [0, 0.1) is 5.41 Å². The second-order valence-corrected chi connectivity index (χ2v) is 7.37. The summed E-state index contributed by atoms with van der Waals surface area (Å²) in [5, 5.41) is 0. The molecular formula is C17H26N2. The Hall–Kier alpha value is -0.860. The third-order valence-electron chi connectivity index (χ3n) is 5.30. The molecule has 1 aromatic carbocycles. The van der Waals surface area contributed by atoms with Crippen molar-refractivity contribution in [2.24, 2.45) is 11.1 Å². The van der Waals surface area contributed by atoms with Crippen LogP contribution in [-0.2, 0) is 6.42 Å². The van der Waals surface area contributed by atoms with E-state index >= 15 is 0 Å². The minimum Gasteiger partial charge on any atom is -0.323 e. The van der Waals surface area contributed by atoms with Crippen LogP contribution in [0.2, 0.25) is 0 Å². The van der Waals surface area contributed by atoms with Crippen LogP contribution in [0.5, 0.6) is 0 Å². The molecule has 2 N–H and O–H groups in total. The summed E-state index contributed by atoms with van der Waals surface area (Å²) in [7, 11) is 0. The van der Waals surface area contributed by atoms with E-state index in [1.807, 2.05) is 0 Å². The largest absolute Gasteiger partial charge is 0.323 e. The van der Waals surface area contributed by atoms with Gasteiger partial charge in [0.15, 0.2) is 0 Å². The van der Waals surface area contributed by atoms with Crippen molar-refractivity contribution in [2.45, 2.75) is 51.6 Å². The quantitative estimate of drug-likeness (QED) is 0.774. The summed E-state index contributed by atoms with van der Waals surface area (Å²) in [6.45, 7) is 9.31. The molecule has 1 heterocycles. The van der Waals surface area contributed by atoms with Gasteiger partial charge < -0.3 is 5.73 Å². The molecule has 0 unspecified atom stereocenters. The predicted molar refractivity (Wildman–Crippen MR) is 80.1 cm³/mol. The first-order valence-corrected chi connectivity index (χ1v) is 7.51. The summed E-state index contributed by atoms with van der Waals surface area (Å²) in [5.41, 5.74) is 10.1. The molecule has 0 aromatic heterocycles. The summed E-state index contributed by atoms with van der Waals surface area (Å²) in [6, 6.07) is 9.01. The van der Waals surface area contributed by atoms with E-state index in [9.17, 15) is 0 Å². The summed E-state index contributed by atoms with van der Waals surface area (Å²) in [4.78, 5) is 2.61. The monoisotopic (exact) mass is 258 g/mol. The van der Waals surface area contributed by atoms with Crippen LogP contribution in [0.3, 0.4) is 0 Å². The molecule has 0 amide bonds. The summed E-state index contributed by atoms with van der Waals surface area (Å²) in [6.07, 6.45) is 3.66. The van der Waals surface area contributed by atoms with Crippen molar-refractivity contribution in [3.05, 3.63) is 35.4 Å². The fourth-order valence-electron chi connectivity index (χ4n) is 3.93. The number of hydrogen-bond acceptors (Lipinski definition) is 2. The third kappa shape index (κ3) is 2.11. The zero-order valence-electron chi connectivity index (χ0n) is 12.4. The molecule has 1 spiro atoms. The molecule has 3 rings (SSSR count). The fourth-order valence-corrected chi connectivity index (χ4v) is 3.93. The third-order valence-corrected chi connectivity index (χ3v) is 5.30. The number of benzene rings is 1. The average Bonchev–Trinajstić information content (AvgIpc) is 2.63. The standard InChI is InChI=1S/C17H26N2/c1-16(2,3)19-10-8-17(9-11-19)12-13-6-4-5-7-14(13)15(17)18/h4-7,15H,8-12,18H2,1-3H3/t15-/m1/s1. The first-order valence-electron chi connectivity index (χ1n) is 7.51. The van der Waals surface area contributed by atoms with Crippen molar-refractivity contribution in [2.75, 3.05) is 13.1 Å². The number of piperidine rings is 1. The zero-order chi connectivity index (χ0) is 13.7. The molecule has 2 aliphatic rings. The molecule has 1 aliphatic carbocycles. The van der Waals surface area contributed by atoms with E-state index in [4.69, 9.17) is 5.73 Å². The van der Waals surface area contributed by atoms with E-state index in [1.165, 1.54) is 43.5 Å². The van der Waals surface area contributed by atoms with E-state index < -0.39 is 0 Å². The Balaban J connectivity index is 1.79. The highest BCUT2D eigenvalue weighted by atomic mass is 15.2. The molecule has 0 bridgehead atoms. The number of hydrogen-bond donors (Lipinski definition) is 1. The second kappa shape index (κ2) is 4.32. The molecule has 2 nitrogen and oxygen atoms in total. The van der Waals surface area contributed by atoms with Crippen LogP contribution in [0.15, 0.2) is 24.3 Å². The van der Waals surface area contributed by atoms with E-state index in [1.54, 1.807) is 0 Å². The lowest BCUT2D eigenvalue weighted by molar-refractivity contribution is 0.0345. The van der Waals surface area contributed by atoms with E-state index in [-0.39, 0.29) is 11.6 Å². The van der Waals surface area contributed by atoms with Crippen LogP contribution in [0.1, 0.15) is 50.8 Å². The van der Waals surface area contributed by atoms with Crippen LogP contribution in [0.4, 0.5) is 0 Å². The van der Waals surface area contributed by atoms with E-state index in [2.05, 4.69) is 49.9 Å². The lowest BCUT2D eigenvalue weighted by Crippen LogP contribution is -2.50. The number of rotatable bonds is 0. The number of likely N-dealkylation sites (tertiary alicyclic amines) is 1. The zero-order valence-corrected chi connectivity index (χ0v) is 12.4. The summed E-state index contributed by atoms with van der Waals surface area (Å²) >= 11 is 0. The molecule has 1 saturated heterocycles. The van der Waals surface area contributed by atoms with Gasteiger partial charge >= 0.3 is 0 Å². The Morgan fingerprint density at radius 2 is 1.79 bits per heavy atom. The van der Waals surface area contributed by atoms with Crippen LogP contribution < -0.4 is 5.73 Å². The Kier molecular flexibility index (Phi) is 2.99. The highest BCUT2D eigenvalue weighted by Crippen LogP contribution is 2.51. The minimum atomic E-state index is 0.241. The van der Waals surface area contributed by atoms with Crippen LogP contribution in [0.25, 0.3) is 0 Å². The topological polar surface area (TPSA) is 29.3 Å². The van der Waals surface area contributed by atoms with Gasteiger partial charge in [0.1, 0.15) is 0 Å². The van der Waals surface area contributed by atoms with Crippen molar-refractivity contribution in [3.8, 4) is 0 Å². The highest BCUT2D eigenvalue weighted by molar-refractivity contribution is 5.38. The van der Waals surface area contributed by atoms with E-state index in [0.29, 0.717) is 5.41 Å². The molecule has 104 valence electrons. The minimum absolute atomic E-state index is 0.241. The van der Waals surface area contributed by atoms with Crippen molar-refractivity contribution in [3.63, 3.8) is 0 Å². The lowest BCUT2D eigenvalue weighted by atomic mass is 9.72.